The van der Waals surface area contributed by atoms with Crippen LogP contribution in [0.5, 0.6) is 0 Å². The number of hydrogen-bond donors (Lipinski definition) is 2. The van der Waals surface area contributed by atoms with Crippen molar-refractivity contribution >= 4 is 5.97 Å². The van der Waals surface area contributed by atoms with E-state index in [2.05, 4.69) is 12.2 Å². The molecular weight excluding hydrogens is 154 g/mol. The van der Waals surface area contributed by atoms with E-state index < -0.39 is 5.97 Å². The van der Waals surface area contributed by atoms with E-state index in [1.807, 2.05) is 6.08 Å². The van der Waals surface area contributed by atoms with Crippen LogP contribution in [0.15, 0.2) is 23.8 Å². The Bertz CT molecular complexity index is 243. The van der Waals surface area contributed by atoms with Crippen LogP contribution in [-0.4, -0.2) is 23.2 Å². The zero-order valence-electron chi connectivity index (χ0n) is 7.24. The standard InChI is InChI=1S/C9H13NO2/c1-6(9(11)12)4-3-5-8-7(2)10-8/h3-5,7-8,10H,1-2H3,(H,11,12). The summed E-state index contributed by atoms with van der Waals surface area (Å²) in [6.07, 6.45) is 5.36. The van der Waals surface area contributed by atoms with Crippen LogP contribution in [0.1, 0.15) is 13.8 Å². The molecule has 12 heavy (non-hydrogen) atoms. The molecule has 3 nitrogen and oxygen atoms in total. The second kappa shape index (κ2) is 3.54. The van der Waals surface area contributed by atoms with Gasteiger partial charge in [0, 0.05) is 17.7 Å². The first kappa shape index (κ1) is 9.00. The molecule has 0 aromatic heterocycles. The Morgan fingerprint density at radius 3 is 2.58 bits per heavy atom. The minimum absolute atomic E-state index is 0.361. The minimum Gasteiger partial charge on any atom is -0.478 e. The van der Waals surface area contributed by atoms with Crippen molar-refractivity contribution in [3.63, 3.8) is 0 Å². The average Bonchev–Trinajstić information content (AvgIpc) is 2.66. The third kappa shape index (κ3) is 2.51. The fourth-order valence-corrected chi connectivity index (χ4v) is 0.861. The lowest BCUT2D eigenvalue weighted by atomic mass is 10.2. The first-order chi connectivity index (χ1) is 5.61. The Morgan fingerprint density at radius 1 is 1.58 bits per heavy atom. The van der Waals surface area contributed by atoms with Crippen molar-refractivity contribution in [2.24, 2.45) is 0 Å². The molecule has 0 amide bonds. The highest BCUT2D eigenvalue weighted by Crippen LogP contribution is 2.10. The summed E-state index contributed by atoms with van der Waals surface area (Å²) in [5.74, 6) is -0.864. The summed E-state index contributed by atoms with van der Waals surface area (Å²) in [4.78, 5) is 10.3. The van der Waals surface area contributed by atoms with Gasteiger partial charge >= 0.3 is 5.97 Å². The van der Waals surface area contributed by atoms with Crippen molar-refractivity contribution < 1.29 is 9.90 Å². The number of carboxylic acids is 1. The highest BCUT2D eigenvalue weighted by molar-refractivity contribution is 5.86. The van der Waals surface area contributed by atoms with E-state index in [4.69, 9.17) is 5.11 Å². The largest absolute Gasteiger partial charge is 0.478 e. The van der Waals surface area contributed by atoms with E-state index in [1.54, 1.807) is 19.1 Å². The summed E-state index contributed by atoms with van der Waals surface area (Å²) in [5.41, 5.74) is 0.361. The topological polar surface area (TPSA) is 59.2 Å². The molecule has 1 aliphatic heterocycles. The number of carbonyl (C=O) groups is 1. The van der Waals surface area contributed by atoms with E-state index in [0.717, 1.165) is 0 Å². The summed E-state index contributed by atoms with van der Waals surface area (Å²) in [6, 6.07) is 0.975. The third-order valence-corrected chi connectivity index (χ3v) is 1.89. The second-order valence-electron chi connectivity index (χ2n) is 3.02. The van der Waals surface area contributed by atoms with E-state index in [0.29, 0.717) is 17.7 Å². The van der Waals surface area contributed by atoms with Gasteiger partial charge in [-0.1, -0.05) is 18.2 Å². The van der Waals surface area contributed by atoms with Crippen molar-refractivity contribution in [3.8, 4) is 0 Å². The summed E-state index contributed by atoms with van der Waals surface area (Å²) in [6.45, 7) is 3.67. The van der Waals surface area contributed by atoms with E-state index in [9.17, 15) is 4.79 Å². The van der Waals surface area contributed by atoms with Crippen LogP contribution >= 0.6 is 0 Å². The van der Waals surface area contributed by atoms with Crippen LogP contribution in [0.3, 0.4) is 0 Å². The molecule has 0 spiro atoms. The van der Waals surface area contributed by atoms with Gasteiger partial charge in [0.1, 0.15) is 0 Å². The molecule has 2 unspecified atom stereocenters. The Balaban J connectivity index is 2.37. The molecule has 0 aromatic carbocycles. The number of allylic oxidation sites excluding steroid dienone is 2. The molecule has 1 fully saturated rings. The van der Waals surface area contributed by atoms with Crippen LogP contribution in [0.4, 0.5) is 0 Å². The smallest absolute Gasteiger partial charge is 0.331 e. The molecule has 0 aromatic rings. The lowest BCUT2D eigenvalue weighted by Crippen LogP contribution is -1.94. The van der Waals surface area contributed by atoms with Gasteiger partial charge in [-0.25, -0.2) is 4.79 Å². The Morgan fingerprint density at radius 2 is 2.17 bits per heavy atom. The number of carboxylic acid groups (broad SMARTS) is 1. The quantitative estimate of drug-likeness (QED) is 0.373. The van der Waals surface area contributed by atoms with Gasteiger partial charge < -0.3 is 10.4 Å². The average molecular weight is 167 g/mol. The molecule has 1 heterocycles. The van der Waals surface area contributed by atoms with Crippen molar-refractivity contribution in [1.82, 2.24) is 5.32 Å². The summed E-state index contributed by atoms with van der Waals surface area (Å²) >= 11 is 0. The van der Waals surface area contributed by atoms with Crippen LogP contribution < -0.4 is 5.32 Å². The molecule has 1 saturated heterocycles. The molecule has 1 aliphatic rings. The fraction of sp³-hybridized carbons (Fsp3) is 0.444. The van der Waals surface area contributed by atoms with Crippen molar-refractivity contribution in [2.45, 2.75) is 25.9 Å². The summed E-state index contributed by atoms with van der Waals surface area (Å²) in [7, 11) is 0. The lowest BCUT2D eigenvalue weighted by Gasteiger charge is -1.87. The van der Waals surface area contributed by atoms with Crippen LogP contribution in [0.25, 0.3) is 0 Å². The van der Waals surface area contributed by atoms with E-state index >= 15 is 0 Å². The molecule has 2 atom stereocenters. The first-order valence-electron chi connectivity index (χ1n) is 3.95. The SMILES string of the molecule is CC(=CC=CC1NC1C)C(=O)O. The van der Waals surface area contributed by atoms with Gasteiger partial charge in [-0.3, -0.25) is 0 Å². The molecule has 3 heteroatoms. The monoisotopic (exact) mass is 167 g/mol. The molecule has 0 bridgehead atoms. The van der Waals surface area contributed by atoms with Crippen molar-refractivity contribution in [3.05, 3.63) is 23.8 Å². The first-order valence-corrected chi connectivity index (χ1v) is 3.95. The van der Waals surface area contributed by atoms with Crippen LogP contribution in [0, 0.1) is 0 Å². The van der Waals surface area contributed by atoms with Gasteiger partial charge in [-0.05, 0) is 13.8 Å². The van der Waals surface area contributed by atoms with Gasteiger partial charge in [0.2, 0.25) is 0 Å². The molecule has 2 N–H and O–H groups in total. The normalized spacial score (nSPS) is 29.3. The molecule has 1 rings (SSSR count). The highest BCUT2D eigenvalue weighted by atomic mass is 16.4. The van der Waals surface area contributed by atoms with Crippen LogP contribution in [-0.2, 0) is 4.79 Å². The maximum absolute atomic E-state index is 10.3. The molecule has 66 valence electrons. The molecular formula is C9H13NO2. The lowest BCUT2D eigenvalue weighted by molar-refractivity contribution is -0.132. The van der Waals surface area contributed by atoms with Gasteiger partial charge in [-0.15, -0.1) is 0 Å². The number of nitrogens with one attached hydrogen (secondary N) is 1. The van der Waals surface area contributed by atoms with Gasteiger partial charge in [-0.2, -0.15) is 0 Å². The molecule has 0 radical (unpaired) electrons. The van der Waals surface area contributed by atoms with E-state index in [1.165, 1.54) is 0 Å². The Kier molecular flexibility index (Phi) is 2.65. The van der Waals surface area contributed by atoms with Crippen LogP contribution in [0.2, 0.25) is 0 Å². The number of rotatable bonds is 3. The van der Waals surface area contributed by atoms with Gasteiger partial charge in [0.25, 0.3) is 0 Å². The number of hydrogen-bond acceptors (Lipinski definition) is 2. The number of aliphatic carboxylic acids is 1. The Labute approximate surface area is 71.8 Å². The van der Waals surface area contributed by atoms with E-state index in [-0.39, 0.29) is 0 Å². The zero-order chi connectivity index (χ0) is 9.14. The molecule has 0 saturated carbocycles. The second-order valence-corrected chi connectivity index (χ2v) is 3.02. The minimum atomic E-state index is -0.864. The van der Waals surface area contributed by atoms with Crippen molar-refractivity contribution in [2.75, 3.05) is 0 Å². The Hall–Kier alpha value is -1.09. The van der Waals surface area contributed by atoms with Crippen molar-refractivity contribution in [1.29, 1.82) is 0 Å². The summed E-state index contributed by atoms with van der Waals surface area (Å²) in [5, 5.41) is 11.7. The fourth-order valence-electron chi connectivity index (χ4n) is 0.861. The van der Waals surface area contributed by atoms with Gasteiger partial charge in [0.15, 0.2) is 0 Å². The summed E-state index contributed by atoms with van der Waals surface area (Å²) < 4.78 is 0. The highest BCUT2D eigenvalue weighted by Gasteiger charge is 2.27. The third-order valence-electron chi connectivity index (χ3n) is 1.89. The predicted octanol–water partition coefficient (Wildman–Crippen LogP) is 0.934. The van der Waals surface area contributed by atoms with Gasteiger partial charge in [0.05, 0.1) is 0 Å². The zero-order valence-corrected chi connectivity index (χ0v) is 7.24. The maximum Gasteiger partial charge on any atom is 0.331 e. The predicted molar refractivity (Wildman–Crippen MR) is 46.9 cm³/mol. The molecule has 0 aliphatic carbocycles. The maximum atomic E-state index is 10.3.